The first kappa shape index (κ1) is 11.9. The summed E-state index contributed by atoms with van der Waals surface area (Å²) in [5.74, 6) is 4.22. The molecule has 1 rings (SSSR count). The van der Waals surface area contributed by atoms with Crippen molar-refractivity contribution >= 4 is 17.6 Å². The van der Waals surface area contributed by atoms with Crippen molar-refractivity contribution in [2.24, 2.45) is 5.11 Å². The van der Waals surface area contributed by atoms with Gasteiger partial charge in [-0.2, -0.15) is 0 Å². The maximum atomic E-state index is 10.6. The number of carbonyl (C=O) groups is 1. The molecule has 0 heterocycles. The van der Waals surface area contributed by atoms with E-state index in [0.717, 1.165) is 0 Å². The summed E-state index contributed by atoms with van der Waals surface area (Å²) < 4.78 is 0. The Kier molecular flexibility index (Phi) is 4.22. The van der Waals surface area contributed by atoms with Gasteiger partial charge in [0.15, 0.2) is 0 Å². The van der Waals surface area contributed by atoms with Gasteiger partial charge in [0.25, 0.3) is 0 Å². The summed E-state index contributed by atoms with van der Waals surface area (Å²) in [6, 6.07) is 4.24. The van der Waals surface area contributed by atoms with Gasteiger partial charge in [0, 0.05) is 10.5 Å². The fraction of sp³-hybridized carbons (Fsp3) is 0.100. The van der Waals surface area contributed by atoms with Crippen molar-refractivity contribution in [3.8, 4) is 11.8 Å². The minimum Gasteiger partial charge on any atom is -0.478 e. The van der Waals surface area contributed by atoms with Crippen molar-refractivity contribution in [1.29, 1.82) is 0 Å². The lowest BCUT2D eigenvalue weighted by Crippen LogP contribution is -1.96. The smallest absolute Gasteiger partial charge is 0.335 e. The molecule has 1 N–H and O–H groups in total. The van der Waals surface area contributed by atoms with Crippen LogP contribution in [0.2, 0.25) is 5.02 Å². The Labute approximate surface area is 96.3 Å². The molecule has 16 heavy (non-hydrogen) atoms. The van der Waals surface area contributed by atoms with Crippen molar-refractivity contribution < 1.29 is 9.90 Å². The number of rotatable bonds is 2. The molecule has 1 aromatic rings. The molecule has 0 atom stereocenters. The van der Waals surface area contributed by atoms with Crippen molar-refractivity contribution in [1.82, 2.24) is 0 Å². The van der Waals surface area contributed by atoms with E-state index < -0.39 is 5.97 Å². The molecule has 0 amide bonds. The molecule has 80 valence electrons. The summed E-state index contributed by atoms with van der Waals surface area (Å²) >= 11 is 5.82. The minimum atomic E-state index is -1.05. The standard InChI is InChI=1S/C10H6ClN3O2/c11-9-6-8(10(15)16)4-3-7(9)2-1-5-13-14-12/h3-4,6H,5H2,(H,15,16). The lowest BCUT2D eigenvalue weighted by atomic mass is 10.1. The van der Waals surface area contributed by atoms with Gasteiger partial charge in [-0.1, -0.05) is 28.6 Å². The molecule has 0 spiro atoms. The van der Waals surface area contributed by atoms with Gasteiger partial charge >= 0.3 is 5.97 Å². The summed E-state index contributed by atoms with van der Waals surface area (Å²) in [5, 5.41) is 12.2. The average molecular weight is 236 g/mol. The number of nitrogens with zero attached hydrogens (tertiary/aromatic N) is 3. The highest BCUT2D eigenvalue weighted by atomic mass is 35.5. The van der Waals surface area contributed by atoms with Crippen LogP contribution in [0.1, 0.15) is 15.9 Å². The van der Waals surface area contributed by atoms with E-state index in [9.17, 15) is 4.79 Å². The third-order valence-corrected chi connectivity index (χ3v) is 1.96. The first-order valence-corrected chi connectivity index (χ1v) is 4.55. The maximum absolute atomic E-state index is 10.6. The number of halogens is 1. The second-order valence-corrected chi connectivity index (χ2v) is 3.10. The van der Waals surface area contributed by atoms with Gasteiger partial charge in [0.2, 0.25) is 0 Å². The summed E-state index contributed by atoms with van der Waals surface area (Å²) in [6.07, 6.45) is 0. The first-order valence-electron chi connectivity index (χ1n) is 4.17. The number of carboxylic acid groups (broad SMARTS) is 1. The molecular formula is C10H6ClN3O2. The van der Waals surface area contributed by atoms with E-state index >= 15 is 0 Å². The van der Waals surface area contributed by atoms with E-state index in [-0.39, 0.29) is 17.1 Å². The molecule has 6 heteroatoms. The lowest BCUT2D eigenvalue weighted by Gasteiger charge is -1.97. The summed E-state index contributed by atoms with van der Waals surface area (Å²) in [6.45, 7) is 0.0491. The van der Waals surface area contributed by atoms with Crippen LogP contribution in [0.15, 0.2) is 23.3 Å². The highest BCUT2D eigenvalue weighted by molar-refractivity contribution is 6.32. The van der Waals surface area contributed by atoms with E-state index in [1.165, 1.54) is 18.2 Å². The molecule has 0 saturated heterocycles. The fourth-order valence-electron chi connectivity index (χ4n) is 0.951. The monoisotopic (exact) mass is 235 g/mol. The molecule has 0 saturated carbocycles. The van der Waals surface area contributed by atoms with Crippen LogP contribution in [0, 0.1) is 11.8 Å². The summed E-state index contributed by atoms with van der Waals surface area (Å²) in [7, 11) is 0. The Balaban J connectivity index is 2.93. The number of benzene rings is 1. The number of azide groups is 1. The van der Waals surface area contributed by atoms with Gasteiger partial charge in [0.1, 0.15) is 0 Å². The molecule has 0 bridgehead atoms. The van der Waals surface area contributed by atoms with Crippen LogP contribution < -0.4 is 0 Å². The van der Waals surface area contributed by atoms with Crippen LogP contribution in [0.4, 0.5) is 0 Å². The van der Waals surface area contributed by atoms with Crippen LogP contribution in [0.25, 0.3) is 10.4 Å². The zero-order valence-corrected chi connectivity index (χ0v) is 8.77. The average Bonchev–Trinajstić information content (AvgIpc) is 2.26. The number of aromatic carboxylic acids is 1. The minimum absolute atomic E-state index is 0.0491. The lowest BCUT2D eigenvalue weighted by molar-refractivity contribution is 0.0697. The SMILES string of the molecule is [N-]=[N+]=NCC#Cc1ccc(C(=O)O)cc1Cl. The molecule has 0 aromatic heterocycles. The van der Waals surface area contributed by atoms with Crippen molar-refractivity contribution in [2.45, 2.75) is 0 Å². The van der Waals surface area contributed by atoms with E-state index in [4.69, 9.17) is 22.2 Å². The molecule has 0 aliphatic heterocycles. The highest BCUT2D eigenvalue weighted by Crippen LogP contribution is 2.16. The Bertz CT molecular complexity index is 525. The molecule has 0 radical (unpaired) electrons. The Hall–Kier alpha value is -2.15. The van der Waals surface area contributed by atoms with E-state index in [0.29, 0.717) is 5.56 Å². The predicted octanol–water partition coefficient (Wildman–Crippen LogP) is 2.70. The van der Waals surface area contributed by atoms with Gasteiger partial charge in [-0.3, -0.25) is 0 Å². The molecule has 1 aromatic carbocycles. The summed E-state index contributed by atoms with van der Waals surface area (Å²) in [4.78, 5) is 13.2. The van der Waals surface area contributed by atoms with Gasteiger partial charge in [-0.05, 0) is 23.7 Å². The van der Waals surface area contributed by atoms with Crippen LogP contribution in [-0.4, -0.2) is 17.6 Å². The van der Waals surface area contributed by atoms with Gasteiger partial charge in [-0.15, -0.1) is 0 Å². The van der Waals surface area contributed by atoms with E-state index in [1.807, 2.05) is 0 Å². The molecule has 0 fully saturated rings. The number of hydrogen-bond acceptors (Lipinski definition) is 2. The van der Waals surface area contributed by atoms with Crippen LogP contribution >= 0.6 is 11.6 Å². The quantitative estimate of drug-likeness (QED) is 0.370. The van der Waals surface area contributed by atoms with E-state index in [2.05, 4.69) is 21.9 Å². The van der Waals surface area contributed by atoms with Crippen molar-refractivity contribution in [3.05, 3.63) is 44.8 Å². The summed E-state index contributed by atoms with van der Waals surface area (Å²) in [5.41, 5.74) is 8.62. The van der Waals surface area contributed by atoms with Crippen LogP contribution in [0.5, 0.6) is 0 Å². The third kappa shape index (κ3) is 3.21. The molecular weight excluding hydrogens is 230 g/mol. The maximum Gasteiger partial charge on any atom is 0.335 e. The Morgan fingerprint density at radius 3 is 2.94 bits per heavy atom. The largest absolute Gasteiger partial charge is 0.478 e. The molecule has 5 nitrogen and oxygen atoms in total. The second kappa shape index (κ2) is 5.66. The van der Waals surface area contributed by atoms with Crippen LogP contribution in [-0.2, 0) is 0 Å². The molecule has 0 aliphatic rings. The van der Waals surface area contributed by atoms with Crippen molar-refractivity contribution in [2.75, 3.05) is 6.54 Å². The van der Waals surface area contributed by atoms with Gasteiger partial charge in [0.05, 0.1) is 17.1 Å². The van der Waals surface area contributed by atoms with Crippen molar-refractivity contribution in [3.63, 3.8) is 0 Å². The highest BCUT2D eigenvalue weighted by Gasteiger charge is 2.04. The second-order valence-electron chi connectivity index (χ2n) is 2.69. The third-order valence-electron chi connectivity index (χ3n) is 1.65. The first-order chi connectivity index (χ1) is 7.65. The molecule has 0 aliphatic carbocycles. The topological polar surface area (TPSA) is 86.1 Å². The van der Waals surface area contributed by atoms with E-state index in [1.54, 1.807) is 0 Å². The van der Waals surface area contributed by atoms with Gasteiger partial charge in [-0.25, -0.2) is 4.79 Å². The van der Waals surface area contributed by atoms with Crippen LogP contribution in [0.3, 0.4) is 0 Å². The Morgan fingerprint density at radius 1 is 1.62 bits per heavy atom. The zero-order valence-electron chi connectivity index (χ0n) is 8.01. The fourth-order valence-corrected chi connectivity index (χ4v) is 1.18. The Morgan fingerprint density at radius 2 is 2.38 bits per heavy atom. The normalized spacial score (nSPS) is 8.56. The molecule has 0 unspecified atom stereocenters. The number of carboxylic acids is 1. The van der Waals surface area contributed by atoms with Gasteiger partial charge < -0.3 is 5.11 Å². The zero-order chi connectivity index (χ0) is 12.0. The predicted molar refractivity (Wildman–Crippen MR) is 59.3 cm³/mol. The number of hydrogen-bond donors (Lipinski definition) is 1.